The van der Waals surface area contributed by atoms with E-state index in [1.807, 2.05) is 13.0 Å². The number of hydrogen-bond donors (Lipinski definition) is 0. The van der Waals surface area contributed by atoms with Crippen molar-refractivity contribution in [3.05, 3.63) is 54.1 Å². The first-order chi connectivity index (χ1) is 13.5. The summed E-state index contributed by atoms with van der Waals surface area (Å²) in [5, 5.41) is 7.03. The van der Waals surface area contributed by atoms with E-state index in [0.29, 0.717) is 17.2 Å². The predicted molar refractivity (Wildman–Crippen MR) is 116 cm³/mol. The molecule has 5 nitrogen and oxygen atoms in total. The summed E-state index contributed by atoms with van der Waals surface area (Å²) in [4.78, 5) is 4.21. The molecule has 0 radical (unpaired) electrons. The van der Waals surface area contributed by atoms with Crippen LogP contribution in [0.15, 0.2) is 51.7 Å². The van der Waals surface area contributed by atoms with Crippen molar-refractivity contribution in [2.24, 2.45) is 4.99 Å². The molecule has 0 saturated heterocycles. The number of allylic oxidation sites excluding steroid dienone is 4. The summed E-state index contributed by atoms with van der Waals surface area (Å²) < 4.78 is 32.5. The van der Waals surface area contributed by atoms with Crippen molar-refractivity contribution in [3.63, 3.8) is 0 Å². The molecule has 154 valence electrons. The van der Waals surface area contributed by atoms with E-state index in [1.54, 1.807) is 11.9 Å². The van der Waals surface area contributed by atoms with Crippen molar-refractivity contribution < 1.29 is 13.2 Å². The lowest BCUT2D eigenvalue weighted by Crippen LogP contribution is -2.18. The molecule has 0 bridgehead atoms. The van der Waals surface area contributed by atoms with Crippen molar-refractivity contribution in [2.75, 3.05) is 18.1 Å². The Labute approximate surface area is 173 Å². The summed E-state index contributed by atoms with van der Waals surface area (Å²) in [6.07, 6.45) is 5.61. The second-order valence-electron chi connectivity index (χ2n) is 5.28. The van der Waals surface area contributed by atoms with Crippen molar-refractivity contribution in [3.8, 4) is 0 Å². The standard InChI is InChI=1S/C19H26F2N4OS2/c1-6-14(7-2)12-15(8-3)25(28-9-4)10-11-27-16(13-22-5)18-23-24-19(26-18)17(20)21/h6,8,12-13,17H,3,5,7,9-11H2,1-2,4H3/b14-6-,15-12+,16-13-. The van der Waals surface area contributed by atoms with E-state index in [0.717, 1.165) is 17.9 Å². The molecule has 0 saturated carbocycles. The Morgan fingerprint density at radius 1 is 1.36 bits per heavy atom. The molecule has 1 aromatic rings. The van der Waals surface area contributed by atoms with Crippen molar-refractivity contribution in [1.29, 1.82) is 0 Å². The molecule has 0 atom stereocenters. The van der Waals surface area contributed by atoms with Crippen LogP contribution in [0.3, 0.4) is 0 Å². The zero-order valence-corrected chi connectivity index (χ0v) is 18.0. The summed E-state index contributed by atoms with van der Waals surface area (Å²) in [6, 6.07) is 0. The van der Waals surface area contributed by atoms with Crippen LogP contribution in [0.25, 0.3) is 4.91 Å². The maximum Gasteiger partial charge on any atom is 0.314 e. The minimum absolute atomic E-state index is 0.0177. The van der Waals surface area contributed by atoms with Gasteiger partial charge in [-0.25, -0.2) is 0 Å². The van der Waals surface area contributed by atoms with Crippen molar-refractivity contribution in [1.82, 2.24) is 14.5 Å². The Hall–Kier alpha value is -1.87. The zero-order chi connectivity index (χ0) is 20.9. The van der Waals surface area contributed by atoms with Crippen LogP contribution in [0.1, 0.15) is 45.4 Å². The molecule has 0 aliphatic heterocycles. The van der Waals surface area contributed by atoms with E-state index >= 15 is 0 Å². The van der Waals surface area contributed by atoms with Gasteiger partial charge in [0.1, 0.15) is 0 Å². The molecule has 0 fully saturated rings. The Balaban J connectivity index is 2.86. The second kappa shape index (κ2) is 13.3. The van der Waals surface area contributed by atoms with E-state index in [1.165, 1.54) is 23.5 Å². The van der Waals surface area contributed by atoms with Gasteiger partial charge in [0.2, 0.25) is 0 Å². The summed E-state index contributed by atoms with van der Waals surface area (Å²) in [5.74, 6) is 0.877. The Bertz CT molecular complexity index is 729. The van der Waals surface area contributed by atoms with Gasteiger partial charge in [-0.15, -0.1) is 22.0 Å². The topological polar surface area (TPSA) is 54.5 Å². The highest BCUT2D eigenvalue weighted by Crippen LogP contribution is 2.30. The first kappa shape index (κ1) is 24.2. The van der Waals surface area contributed by atoms with Gasteiger partial charge in [0.25, 0.3) is 11.8 Å². The Morgan fingerprint density at radius 2 is 2.11 bits per heavy atom. The van der Waals surface area contributed by atoms with Crippen LogP contribution >= 0.6 is 23.7 Å². The van der Waals surface area contributed by atoms with Gasteiger partial charge < -0.3 is 8.72 Å². The maximum absolute atomic E-state index is 12.7. The minimum atomic E-state index is -2.81. The van der Waals surface area contributed by atoms with E-state index < -0.39 is 12.3 Å². The molecule has 0 aromatic carbocycles. The normalized spacial score (nSPS) is 13.1. The average molecular weight is 429 g/mol. The highest BCUT2D eigenvalue weighted by Gasteiger charge is 2.19. The van der Waals surface area contributed by atoms with Crippen LogP contribution in [-0.2, 0) is 0 Å². The van der Waals surface area contributed by atoms with Crippen LogP contribution in [0.4, 0.5) is 8.78 Å². The monoisotopic (exact) mass is 428 g/mol. The summed E-state index contributed by atoms with van der Waals surface area (Å²) in [7, 11) is 0. The van der Waals surface area contributed by atoms with Crippen LogP contribution in [0.5, 0.6) is 0 Å². The number of hydrogen-bond acceptors (Lipinski definition) is 7. The zero-order valence-electron chi connectivity index (χ0n) is 16.4. The molecule has 1 rings (SSSR count). The van der Waals surface area contributed by atoms with Crippen LogP contribution < -0.4 is 0 Å². The fraction of sp³-hybridized carbons (Fsp3) is 0.421. The lowest BCUT2D eigenvalue weighted by molar-refractivity contribution is 0.114. The third-order valence-electron chi connectivity index (χ3n) is 3.49. The smallest absolute Gasteiger partial charge is 0.314 e. The maximum atomic E-state index is 12.7. The minimum Gasteiger partial charge on any atom is -0.414 e. The molecule has 0 aliphatic rings. The molecule has 1 aromatic heterocycles. The number of halogens is 2. The van der Waals surface area contributed by atoms with Gasteiger partial charge in [0.15, 0.2) is 0 Å². The molecule has 0 unspecified atom stereocenters. The Morgan fingerprint density at radius 3 is 2.61 bits per heavy atom. The van der Waals surface area contributed by atoms with Crippen molar-refractivity contribution in [2.45, 2.75) is 33.6 Å². The van der Waals surface area contributed by atoms with E-state index in [4.69, 9.17) is 4.42 Å². The third-order valence-corrected chi connectivity index (χ3v) is 5.43. The Kier molecular flexibility index (Phi) is 11.5. The van der Waals surface area contributed by atoms with Gasteiger partial charge in [-0.05, 0) is 32.2 Å². The first-order valence-electron chi connectivity index (χ1n) is 8.81. The van der Waals surface area contributed by atoms with E-state index in [9.17, 15) is 8.78 Å². The predicted octanol–water partition coefficient (Wildman–Crippen LogP) is 6.14. The van der Waals surface area contributed by atoms with Crippen LogP contribution in [0, 0.1) is 0 Å². The quantitative estimate of drug-likeness (QED) is 0.214. The number of aliphatic imine (C=N–C) groups is 1. The number of aromatic nitrogens is 2. The number of nitrogens with zero attached hydrogens (tertiary/aromatic N) is 4. The van der Waals surface area contributed by atoms with Gasteiger partial charge in [-0.3, -0.25) is 4.99 Å². The molecule has 0 amide bonds. The van der Waals surface area contributed by atoms with Gasteiger partial charge >= 0.3 is 6.43 Å². The lowest BCUT2D eigenvalue weighted by atomic mass is 10.1. The number of alkyl halides is 2. The number of thioether (sulfide) groups is 1. The van der Waals surface area contributed by atoms with Crippen LogP contribution in [-0.4, -0.2) is 39.3 Å². The molecular formula is C19H26F2N4OS2. The van der Waals surface area contributed by atoms with E-state index in [-0.39, 0.29) is 5.89 Å². The van der Waals surface area contributed by atoms with Gasteiger partial charge in [-0.2, -0.15) is 8.78 Å². The molecular weight excluding hydrogens is 402 g/mol. The molecule has 0 spiro atoms. The largest absolute Gasteiger partial charge is 0.414 e. The summed E-state index contributed by atoms with van der Waals surface area (Å²) >= 11 is 3.08. The summed E-state index contributed by atoms with van der Waals surface area (Å²) in [6.45, 7) is 14.2. The molecule has 1 heterocycles. The third kappa shape index (κ3) is 7.63. The fourth-order valence-corrected chi connectivity index (χ4v) is 3.91. The SMILES string of the molecule is C=C/C(=C\C(=C/C)CC)N(CCS/C(=C\N=C)c1nnc(C(F)F)o1)SCC. The lowest BCUT2D eigenvalue weighted by Gasteiger charge is -2.24. The summed E-state index contributed by atoms with van der Waals surface area (Å²) in [5.41, 5.74) is 2.25. The highest BCUT2D eigenvalue weighted by atomic mass is 32.2. The first-order valence-corrected chi connectivity index (χ1v) is 10.7. The van der Waals surface area contributed by atoms with Gasteiger partial charge in [-0.1, -0.05) is 44.0 Å². The van der Waals surface area contributed by atoms with Gasteiger partial charge in [0.05, 0.1) is 4.91 Å². The molecule has 28 heavy (non-hydrogen) atoms. The van der Waals surface area contributed by atoms with Gasteiger partial charge in [0, 0.05) is 29.9 Å². The highest BCUT2D eigenvalue weighted by molar-refractivity contribution is 8.08. The average Bonchev–Trinajstić information content (AvgIpc) is 3.18. The molecule has 9 heteroatoms. The molecule has 0 N–H and O–H groups in total. The molecule has 0 aliphatic carbocycles. The van der Waals surface area contributed by atoms with E-state index in [2.05, 4.69) is 58.8 Å². The fourth-order valence-electron chi connectivity index (χ4n) is 2.13. The number of rotatable bonds is 13. The van der Waals surface area contributed by atoms with Crippen molar-refractivity contribution >= 4 is 35.3 Å². The van der Waals surface area contributed by atoms with Crippen LogP contribution in [0.2, 0.25) is 0 Å². The second-order valence-corrected chi connectivity index (χ2v) is 7.69.